The Labute approximate surface area is 138 Å². The first-order valence-corrected chi connectivity index (χ1v) is 7.90. The summed E-state index contributed by atoms with van der Waals surface area (Å²) in [5, 5.41) is 8.21. The Kier molecular flexibility index (Phi) is 3.19. The molecule has 2 aliphatic rings. The van der Waals surface area contributed by atoms with E-state index in [0.29, 0.717) is 26.1 Å². The van der Waals surface area contributed by atoms with E-state index in [0.717, 1.165) is 12.1 Å². The monoisotopic (exact) mass is 329 g/mol. The van der Waals surface area contributed by atoms with Crippen molar-refractivity contribution in [3.63, 3.8) is 0 Å². The molecule has 1 atom stereocenters. The lowest BCUT2D eigenvalue weighted by Crippen LogP contribution is -2.34. The Morgan fingerprint density at radius 1 is 1.25 bits per heavy atom. The molecule has 24 heavy (non-hydrogen) atoms. The number of carbonyl (C=O) groups is 2. The smallest absolute Gasteiger partial charge is 0.293 e. The van der Waals surface area contributed by atoms with Gasteiger partial charge >= 0.3 is 0 Å². The van der Waals surface area contributed by atoms with Crippen molar-refractivity contribution in [1.29, 1.82) is 0 Å². The first-order valence-electron chi connectivity index (χ1n) is 7.90. The van der Waals surface area contributed by atoms with Crippen LogP contribution in [0.3, 0.4) is 0 Å². The summed E-state index contributed by atoms with van der Waals surface area (Å²) in [6.07, 6.45) is 6.33. The van der Waals surface area contributed by atoms with Crippen LogP contribution in [0, 0.1) is 5.41 Å². The predicted molar refractivity (Wildman–Crippen MR) is 84.1 cm³/mol. The fraction of sp³-hybridized carbons (Fsp3) is 0.533. The number of carbonyl (C=O) groups excluding carboxylic acids is 2. The molecule has 9 nitrogen and oxygen atoms in total. The maximum absolute atomic E-state index is 12.5. The molecule has 4 heterocycles. The van der Waals surface area contributed by atoms with Gasteiger partial charge in [0, 0.05) is 51.8 Å². The first kappa shape index (κ1) is 14.9. The third kappa shape index (κ3) is 2.36. The van der Waals surface area contributed by atoms with E-state index in [2.05, 4.69) is 15.2 Å². The van der Waals surface area contributed by atoms with Crippen molar-refractivity contribution in [3.8, 4) is 0 Å². The summed E-state index contributed by atoms with van der Waals surface area (Å²) in [5.74, 6) is 0.135. The standard InChI is InChI=1S/C15H19N7O2/c1-19-7-11(6-17-19)22-9-15(5-12(22)23)3-4-21(8-15)14(24)13-16-10-20(2)18-13/h6-7,10H,3-5,8-9H2,1-2H3. The van der Waals surface area contributed by atoms with Crippen LogP contribution in [0.2, 0.25) is 0 Å². The molecule has 2 fully saturated rings. The van der Waals surface area contributed by atoms with Crippen LogP contribution in [0.15, 0.2) is 18.7 Å². The zero-order chi connectivity index (χ0) is 16.9. The fourth-order valence-corrected chi connectivity index (χ4v) is 3.64. The normalized spacial score (nSPS) is 23.7. The highest BCUT2D eigenvalue weighted by molar-refractivity contribution is 5.96. The molecular weight excluding hydrogens is 310 g/mol. The van der Waals surface area contributed by atoms with Crippen LogP contribution in [-0.4, -0.2) is 60.9 Å². The minimum atomic E-state index is -0.183. The molecule has 0 N–H and O–H groups in total. The lowest BCUT2D eigenvalue weighted by molar-refractivity contribution is -0.117. The maximum atomic E-state index is 12.5. The molecule has 2 aliphatic heterocycles. The maximum Gasteiger partial charge on any atom is 0.293 e. The number of aromatic nitrogens is 5. The molecule has 1 spiro atoms. The molecular formula is C15H19N7O2. The van der Waals surface area contributed by atoms with Gasteiger partial charge in [-0.1, -0.05) is 0 Å². The van der Waals surface area contributed by atoms with Gasteiger partial charge in [0.2, 0.25) is 11.7 Å². The fourth-order valence-electron chi connectivity index (χ4n) is 3.64. The molecule has 9 heteroatoms. The molecule has 2 aromatic heterocycles. The van der Waals surface area contributed by atoms with Gasteiger partial charge in [0.05, 0.1) is 11.9 Å². The van der Waals surface area contributed by atoms with Crippen LogP contribution in [-0.2, 0) is 18.9 Å². The Morgan fingerprint density at radius 3 is 2.75 bits per heavy atom. The number of hydrogen-bond acceptors (Lipinski definition) is 5. The van der Waals surface area contributed by atoms with Crippen molar-refractivity contribution in [3.05, 3.63) is 24.5 Å². The average Bonchev–Trinajstić information content (AvgIpc) is 3.29. The summed E-state index contributed by atoms with van der Waals surface area (Å²) in [6, 6.07) is 0. The summed E-state index contributed by atoms with van der Waals surface area (Å²) in [5.41, 5.74) is 0.632. The Morgan fingerprint density at radius 2 is 2.08 bits per heavy atom. The average molecular weight is 329 g/mol. The van der Waals surface area contributed by atoms with E-state index in [4.69, 9.17) is 0 Å². The summed E-state index contributed by atoms with van der Waals surface area (Å²) >= 11 is 0. The molecule has 0 aromatic carbocycles. The Balaban J connectivity index is 1.50. The second-order valence-electron chi connectivity index (χ2n) is 6.75. The SMILES string of the molecule is Cn1cc(N2CC3(CCN(C(=O)c4ncn(C)n4)C3)CC2=O)cn1. The van der Waals surface area contributed by atoms with Gasteiger partial charge in [-0.2, -0.15) is 5.10 Å². The van der Waals surface area contributed by atoms with E-state index >= 15 is 0 Å². The number of aryl methyl sites for hydroxylation is 2. The third-order valence-corrected chi connectivity index (χ3v) is 4.84. The number of anilines is 1. The van der Waals surface area contributed by atoms with Crippen LogP contribution in [0.1, 0.15) is 23.5 Å². The van der Waals surface area contributed by atoms with Crippen molar-refractivity contribution in [2.75, 3.05) is 24.5 Å². The van der Waals surface area contributed by atoms with Gasteiger partial charge in [-0.25, -0.2) is 4.98 Å². The van der Waals surface area contributed by atoms with Crippen molar-refractivity contribution in [2.24, 2.45) is 19.5 Å². The molecule has 4 rings (SSSR count). The topological polar surface area (TPSA) is 89.2 Å². The second kappa shape index (κ2) is 5.15. The minimum Gasteiger partial charge on any atom is -0.335 e. The second-order valence-corrected chi connectivity index (χ2v) is 6.75. The van der Waals surface area contributed by atoms with E-state index < -0.39 is 0 Å². The molecule has 126 valence electrons. The van der Waals surface area contributed by atoms with E-state index in [1.807, 2.05) is 13.2 Å². The van der Waals surface area contributed by atoms with Gasteiger partial charge in [0.15, 0.2) is 0 Å². The van der Waals surface area contributed by atoms with Gasteiger partial charge in [0.25, 0.3) is 5.91 Å². The molecule has 0 radical (unpaired) electrons. The Hall–Kier alpha value is -2.71. The quantitative estimate of drug-likeness (QED) is 0.762. The molecule has 0 aliphatic carbocycles. The first-order chi connectivity index (χ1) is 11.5. The van der Waals surface area contributed by atoms with Gasteiger partial charge in [-0.3, -0.25) is 19.0 Å². The van der Waals surface area contributed by atoms with Crippen LogP contribution in [0.25, 0.3) is 0 Å². The number of rotatable bonds is 2. The van der Waals surface area contributed by atoms with Crippen LogP contribution >= 0.6 is 0 Å². The summed E-state index contributed by atoms with van der Waals surface area (Å²) in [7, 11) is 3.56. The molecule has 2 aromatic rings. The number of amides is 2. The molecule has 2 amide bonds. The van der Waals surface area contributed by atoms with Crippen LogP contribution < -0.4 is 4.90 Å². The van der Waals surface area contributed by atoms with Gasteiger partial charge in [-0.05, 0) is 6.42 Å². The number of hydrogen-bond donors (Lipinski definition) is 0. The zero-order valence-corrected chi connectivity index (χ0v) is 13.7. The van der Waals surface area contributed by atoms with Crippen molar-refractivity contribution in [1.82, 2.24) is 29.4 Å². The highest BCUT2D eigenvalue weighted by Crippen LogP contribution is 2.41. The zero-order valence-electron chi connectivity index (χ0n) is 13.7. The largest absolute Gasteiger partial charge is 0.335 e. The summed E-state index contributed by atoms with van der Waals surface area (Å²) < 4.78 is 3.20. The highest BCUT2D eigenvalue weighted by atomic mass is 16.2. The summed E-state index contributed by atoms with van der Waals surface area (Å²) in [6.45, 7) is 1.81. The minimum absolute atomic E-state index is 0.0910. The van der Waals surface area contributed by atoms with Crippen LogP contribution in [0.5, 0.6) is 0 Å². The molecule has 0 saturated carbocycles. The van der Waals surface area contributed by atoms with Gasteiger partial charge in [-0.15, -0.1) is 5.10 Å². The highest BCUT2D eigenvalue weighted by Gasteiger charge is 2.49. The van der Waals surface area contributed by atoms with Gasteiger partial charge < -0.3 is 9.80 Å². The molecule has 2 saturated heterocycles. The molecule has 1 unspecified atom stereocenters. The lowest BCUT2D eigenvalue weighted by atomic mass is 9.86. The molecule has 0 bridgehead atoms. The Bertz CT molecular complexity index is 810. The van der Waals surface area contributed by atoms with E-state index in [-0.39, 0.29) is 23.1 Å². The summed E-state index contributed by atoms with van der Waals surface area (Å²) in [4.78, 5) is 32.5. The van der Waals surface area contributed by atoms with E-state index in [1.165, 1.54) is 11.0 Å². The predicted octanol–water partition coefficient (Wildman–Crippen LogP) is -0.182. The number of likely N-dealkylation sites (tertiary alicyclic amines) is 1. The van der Waals surface area contributed by atoms with Crippen LogP contribution in [0.4, 0.5) is 5.69 Å². The van der Waals surface area contributed by atoms with E-state index in [1.54, 1.807) is 27.7 Å². The third-order valence-electron chi connectivity index (χ3n) is 4.84. The lowest BCUT2D eigenvalue weighted by Gasteiger charge is -2.23. The van der Waals surface area contributed by atoms with Crippen molar-refractivity contribution in [2.45, 2.75) is 12.8 Å². The number of nitrogens with zero attached hydrogens (tertiary/aromatic N) is 7. The van der Waals surface area contributed by atoms with Gasteiger partial charge in [0.1, 0.15) is 6.33 Å². The van der Waals surface area contributed by atoms with E-state index in [9.17, 15) is 9.59 Å². The van der Waals surface area contributed by atoms with Crippen molar-refractivity contribution < 1.29 is 9.59 Å². The van der Waals surface area contributed by atoms with Crippen molar-refractivity contribution >= 4 is 17.5 Å².